The molecular weight excluding hydrogens is 745 g/mol. The van der Waals surface area contributed by atoms with Gasteiger partial charge in [-0.25, -0.2) is 29.9 Å². The SMILES string of the molecule is Nc1ccc(-c2nc3c4nc(-c5ccc(N)cc5)c(-c5ccc(N)cc5)nc4c4nc(-c5ccc(N)cc5)c(-c5ccc(N)cc5)nc4c3nc2-c2ccc(N)cc2)cc1. The van der Waals surface area contributed by atoms with Crippen molar-refractivity contribution in [2.45, 2.75) is 0 Å². The number of aromatic nitrogens is 6. The average Bonchev–Trinajstić information content (AvgIpc) is 3.27. The normalized spacial score (nSPS) is 11.4. The van der Waals surface area contributed by atoms with Gasteiger partial charge in [-0.1, -0.05) is 72.8 Å². The van der Waals surface area contributed by atoms with Gasteiger partial charge in [-0.15, -0.1) is 0 Å². The molecule has 0 atom stereocenters. The molecule has 12 nitrogen and oxygen atoms in total. The maximum absolute atomic E-state index is 6.17. The van der Waals surface area contributed by atoms with E-state index in [0.717, 1.165) is 33.4 Å². The van der Waals surface area contributed by atoms with Gasteiger partial charge in [0.2, 0.25) is 0 Å². The molecule has 0 aliphatic heterocycles. The van der Waals surface area contributed by atoms with E-state index in [1.165, 1.54) is 0 Å². The van der Waals surface area contributed by atoms with Crippen LogP contribution in [0.4, 0.5) is 34.1 Å². The number of nitrogen functional groups attached to an aromatic ring is 6. The van der Waals surface area contributed by atoms with Crippen LogP contribution in [0.3, 0.4) is 0 Å². The van der Waals surface area contributed by atoms with E-state index in [2.05, 4.69) is 0 Å². The summed E-state index contributed by atoms with van der Waals surface area (Å²) in [5, 5.41) is 0. The summed E-state index contributed by atoms with van der Waals surface area (Å²) >= 11 is 0. The molecule has 0 aliphatic carbocycles. The van der Waals surface area contributed by atoms with Crippen molar-refractivity contribution in [2.24, 2.45) is 0 Å². The molecule has 0 fully saturated rings. The second-order valence-electron chi connectivity index (χ2n) is 14.6. The highest BCUT2D eigenvalue weighted by molar-refractivity contribution is 6.20. The Balaban J connectivity index is 1.41. The second kappa shape index (κ2) is 14.1. The molecule has 0 radical (unpaired) electrons. The summed E-state index contributed by atoms with van der Waals surface area (Å²) in [7, 11) is 0. The van der Waals surface area contributed by atoms with Crippen molar-refractivity contribution in [1.29, 1.82) is 0 Å². The fourth-order valence-electron chi connectivity index (χ4n) is 7.35. The number of hydrogen-bond donors (Lipinski definition) is 6. The molecule has 12 heteroatoms. The van der Waals surface area contributed by atoms with Gasteiger partial charge in [0, 0.05) is 67.5 Å². The van der Waals surface area contributed by atoms with Crippen molar-refractivity contribution in [1.82, 2.24) is 29.9 Å². The van der Waals surface area contributed by atoms with Gasteiger partial charge in [0.15, 0.2) is 0 Å². The minimum atomic E-state index is 0.481. The second-order valence-corrected chi connectivity index (χ2v) is 14.6. The lowest BCUT2D eigenvalue weighted by Crippen LogP contribution is -2.05. The third-order valence-corrected chi connectivity index (χ3v) is 10.5. The fraction of sp³-hybridized carbons (Fsp3) is 0. The Morgan fingerprint density at radius 2 is 0.300 bits per heavy atom. The van der Waals surface area contributed by atoms with Gasteiger partial charge in [0.05, 0.1) is 34.2 Å². The Hall–Kier alpha value is -8.64. The van der Waals surface area contributed by atoms with Crippen molar-refractivity contribution in [3.8, 4) is 67.5 Å². The van der Waals surface area contributed by atoms with Gasteiger partial charge in [0.1, 0.15) is 33.1 Å². The monoisotopic (exact) mass is 780 g/mol. The molecule has 3 aromatic heterocycles. The van der Waals surface area contributed by atoms with Crippen LogP contribution in [0.1, 0.15) is 0 Å². The average molecular weight is 781 g/mol. The maximum Gasteiger partial charge on any atom is 0.120 e. The van der Waals surface area contributed by atoms with E-state index in [1.54, 1.807) is 0 Å². The zero-order valence-electron chi connectivity index (χ0n) is 32.0. The summed E-state index contributed by atoms with van der Waals surface area (Å²) in [5.74, 6) is 0. The Bertz CT molecular complexity index is 2660. The van der Waals surface area contributed by atoms with Crippen molar-refractivity contribution in [3.05, 3.63) is 146 Å². The molecule has 3 heterocycles. The largest absolute Gasteiger partial charge is 0.399 e. The van der Waals surface area contributed by atoms with Gasteiger partial charge in [-0.05, 0) is 72.8 Å². The fourth-order valence-corrected chi connectivity index (χ4v) is 7.35. The zero-order valence-corrected chi connectivity index (χ0v) is 32.0. The minimum absolute atomic E-state index is 0.481. The molecule has 0 saturated heterocycles. The standard InChI is InChI=1S/C48H36N12/c49-31-13-1-25(2-14-31)37-38(26-3-15-32(50)16-4-26)56-44-43(55-37)45-47(59-40(28-7-19-34(52)20-8-28)39(57-45)27-5-17-33(51)18-6-27)48-46(44)58-41(29-9-21-35(53)22-10-29)42(60-48)30-11-23-36(54)24-12-30/h1-24H,49-54H2. The highest BCUT2D eigenvalue weighted by Gasteiger charge is 2.26. The van der Waals surface area contributed by atoms with Crippen LogP contribution in [-0.2, 0) is 0 Å². The third kappa shape index (κ3) is 6.30. The molecule has 12 N–H and O–H groups in total. The number of nitrogens with two attached hydrogens (primary N) is 6. The van der Waals surface area contributed by atoms with E-state index in [-0.39, 0.29) is 0 Å². The number of hydrogen-bond acceptors (Lipinski definition) is 12. The molecule has 7 aromatic carbocycles. The lowest BCUT2D eigenvalue weighted by atomic mass is 10.0. The van der Waals surface area contributed by atoms with Crippen LogP contribution in [0.15, 0.2) is 146 Å². The Kier molecular flexibility index (Phi) is 8.39. The molecule has 10 rings (SSSR count). The van der Waals surface area contributed by atoms with Crippen LogP contribution in [0.5, 0.6) is 0 Å². The highest BCUT2D eigenvalue weighted by Crippen LogP contribution is 2.42. The quantitative estimate of drug-likeness (QED) is 0.0685. The highest BCUT2D eigenvalue weighted by atomic mass is 14.9. The molecule has 288 valence electrons. The van der Waals surface area contributed by atoms with Crippen LogP contribution < -0.4 is 34.4 Å². The van der Waals surface area contributed by atoms with Crippen LogP contribution in [0.25, 0.3) is 101 Å². The molecule has 0 spiro atoms. The smallest absolute Gasteiger partial charge is 0.120 e. The number of benzene rings is 7. The first-order valence-corrected chi connectivity index (χ1v) is 19.1. The lowest BCUT2D eigenvalue weighted by molar-refractivity contribution is 1.24. The Labute approximate surface area is 343 Å². The number of nitrogens with zero attached hydrogens (tertiary/aromatic N) is 6. The maximum atomic E-state index is 6.17. The van der Waals surface area contributed by atoms with E-state index in [1.807, 2.05) is 146 Å². The summed E-state index contributed by atoms with van der Waals surface area (Å²) in [4.78, 5) is 32.7. The third-order valence-electron chi connectivity index (χ3n) is 10.5. The van der Waals surface area contributed by atoms with E-state index < -0.39 is 0 Å². The van der Waals surface area contributed by atoms with Gasteiger partial charge >= 0.3 is 0 Å². The summed E-state index contributed by atoms with van der Waals surface area (Å²) in [6.07, 6.45) is 0. The van der Waals surface area contributed by atoms with Crippen molar-refractivity contribution >= 4 is 67.2 Å². The van der Waals surface area contributed by atoms with Crippen molar-refractivity contribution in [3.63, 3.8) is 0 Å². The van der Waals surface area contributed by atoms with E-state index in [4.69, 9.17) is 64.3 Å². The van der Waals surface area contributed by atoms with Gasteiger partial charge < -0.3 is 34.4 Å². The summed E-state index contributed by atoms with van der Waals surface area (Å²) in [5.41, 5.74) is 52.1. The Morgan fingerprint density at radius 1 is 0.183 bits per heavy atom. The van der Waals surface area contributed by atoms with E-state index >= 15 is 0 Å². The first-order valence-electron chi connectivity index (χ1n) is 19.1. The summed E-state index contributed by atoms with van der Waals surface area (Å²) in [6.45, 7) is 0. The van der Waals surface area contributed by atoms with E-state index in [9.17, 15) is 0 Å². The first kappa shape index (κ1) is 35.8. The topological polar surface area (TPSA) is 233 Å². The molecule has 0 amide bonds. The van der Waals surface area contributed by atoms with Crippen LogP contribution in [0, 0.1) is 0 Å². The summed E-state index contributed by atoms with van der Waals surface area (Å²) < 4.78 is 0. The van der Waals surface area contributed by atoms with Crippen LogP contribution in [-0.4, -0.2) is 29.9 Å². The molecule has 0 saturated carbocycles. The molecular formula is C48H36N12. The van der Waals surface area contributed by atoms with Crippen molar-refractivity contribution in [2.75, 3.05) is 34.4 Å². The molecule has 0 bridgehead atoms. The predicted molar refractivity (Wildman–Crippen MR) is 245 cm³/mol. The summed E-state index contributed by atoms with van der Waals surface area (Å²) in [6, 6.07) is 45.2. The van der Waals surface area contributed by atoms with Gasteiger partial charge in [-0.2, -0.15) is 0 Å². The lowest BCUT2D eigenvalue weighted by Gasteiger charge is -2.17. The minimum Gasteiger partial charge on any atom is -0.399 e. The molecule has 0 aliphatic rings. The van der Waals surface area contributed by atoms with E-state index in [0.29, 0.717) is 101 Å². The zero-order chi connectivity index (χ0) is 41.1. The molecule has 10 aromatic rings. The van der Waals surface area contributed by atoms with Crippen molar-refractivity contribution < 1.29 is 0 Å². The van der Waals surface area contributed by atoms with Crippen LogP contribution >= 0.6 is 0 Å². The van der Waals surface area contributed by atoms with Gasteiger partial charge in [0.25, 0.3) is 0 Å². The molecule has 60 heavy (non-hydrogen) atoms. The predicted octanol–water partition coefficient (Wildman–Crippen LogP) is 9.01. The first-order chi connectivity index (χ1) is 29.2. The number of fused-ring (bicyclic) bond motifs is 6. The number of anilines is 6. The molecule has 0 unspecified atom stereocenters. The van der Waals surface area contributed by atoms with Gasteiger partial charge in [-0.3, -0.25) is 0 Å². The van der Waals surface area contributed by atoms with Crippen LogP contribution in [0.2, 0.25) is 0 Å². The number of rotatable bonds is 6. The Morgan fingerprint density at radius 3 is 0.417 bits per heavy atom.